The van der Waals surface area contributed by atoms with Crippen molar-refractivity contribution in [1.29, 1.82) is 0 Å². The van der Waals surface area contributed by atoms with Crippen LogP contribution in [0.15, 0.2) is 0 Å². The van der Waals surface area contributed by atoms with Crippen molar-refractivity contribution in [1.82, 2.24) is 5.32 Å². The minimum absolute atomic E-state index is 0.842. The second-order valence-corrected chi connectivity index (χ2v) is 7.39. The fourth-order valence-corrected chi connectivity index (χ4v) is 4.38. The normalized spacial score (nSPS) is 36.3. The van der Waals surface area contributed by atoms with Gasteiger partial charge in [0.05, 0.1) is 0 Å². The summed E-state index contributed by atoms with van der Waals surface area (Å²) in [7, 11) is 0. The summed E-state index contributed by atoms with van der Waals surface area (Å²) < 4.78 is 0. The van der Waals surface area contributed by atoms with Crippen LogP contribution in [0.4, 0.5) is 0 Å². The third-order valence-electron chi connectivity index (χ3n) is 5.57. The van der Waals surface area contributed by atoms with E-state index >= 15 is 0 Å². The Morgan fingerprint density at radius 1 is 0.895 bits per heavy atom. The van der Waals surface area contributed by atoms with Crippen molar-refractivity contribution in [2.75, 3.05) is 6.54 Å². The third kappa shape index (κ3) is 5.45. The number of nitrogens with one attached hydrogen (secondary N) is 1. The zero-order valence-electron chi connectivity index (χ0n) is 13.3. The van der Waals surface area contributed by atoms with Crippen LogP contribution in [0.1, 0.15) is 84.5 Å². The summed E-state index contributed by atoms with van der Waals surface area (Å²) in [6, 6.07) is 0.842. The van der Waals surface area contributed by atoms with Gasteiger partial charge in [-0.25, -0.2) is 0 Å². The lowest BCUT2D eigenvalue weighted by atomic mass is 9.80. The van der Waals surface area contributed by atoms with E-state index in [0.717, 1.165) is 23.8 Å². The monoisotopic (exact) mass is 265 g/mol. The van der Waals surface area contributed by atoms with Crippen LogP contribution in [-0.2, 0) is 0 Å². The predicted molar refractivity (Wildman–Crippen MR) is 84.4 cm³/mol. The summed E-state index contributed by atoms with van der Waals surface area (Å²) in [5.74, 6) is 3.05. The Morgan fingerprint density at radius 3 is 2.37 bits per heavy atom. The molecule has 2 aliphatic rings. The Labute approximate surface area is 120 Å². The Morgan fingerprint density at radius 2 is 1.68 bits per heavy atom. The molecule has 0 aromatic rings. The van der Waals surface area contributed by atoms with Crippen LogP contribution in [0.5, 0.6) is 0 Å². The molecule has 0 radical (unpaired) electrons. The van der Waals surface area contributed by atoms with Crippen molar-refractivity contribution in [3.05, 3.63) is 0 Å². The zero-order valence-corrected chi connectivity index (χ0v) is 13.3. The van der Waals surface area contributed by atoms with Crippen LogP contribution >= 0.6 is 0 Å². The number of hydrogen-bond acceptors (Lipinski definition) is 1. The Hall–Kier alpha value is -0.0400. The van der Waals surface area contributed by atoms with Crippen LogP contribution < -0.4 is 5.32 Å². The highest BCUT2D eigenvalue weighted by Crippen LogP contribution is 2.31. The first-order valence-corrected chi connectivity index (χ1v) is 9.01. The van der Waals surface area contributed by atoms with E-state index in [1.54, 1.807) is 0 Å². The fourth-order valence-electron chi connectivity index (χ4n) is 4.38. The maximum absolute atomic E-state index is 3.85. The van der Waals surface area contributed by atoms with Gasteiger partial charge in [-0.1, -0.05) is 46.0 Å². The summed E-state index contributed by atoms with van der Waals surface area (Å²) in [6.45, 7) is 6.05. The van der Waals surface area contributed by atoms with Crippen molar-refractivity contribution in [3.8, 4) is 0 Å². The highest BCUT2D eigenvalue weighted by Gasteiger charge is 2.21. The van der Waals surface area contributed by atoms with Gasteiger partial charge in [0.2, 0.25) is 0 Å². The second-order valence-electron chi connectivity index (χ2n) is 7.39. The SMILES string of the molecule is CCCC1CCC(NCCC2CCCC(C)C2)CC1. The summed E-state index contributed by atoms with van der Waals surface area (Å²) in [6.07, 6.45) is 16.0. The lowest BCUT2D eigenvalue weighted by Crippen LogP contribution is -2.34. The molecule has 2 saturated carbocycles. The quantitative estimate of drug-likeness (QED) is 0.700. The molecular formula is C18H35N. The minimum atomic E-state index is 0.842. The van der Waals surface area contributed by atoms with Crippen molar-refractivity contribution < 1.29 is 0 Å². The van der Waals surface area contributed by atoms with E-state index in [1.807, 2.05) is 0 Å². The zero-order chi connectivity index (χ0) is 13.5. The molecule has 0 amide bonds. The number of hydrogen-bond donors (Lipinski definition) is 1. The van der Waals surface area contributed by atoms with E-state index in [0.29, 0.717) is 0 Å². The van der Waals surface area contributed by atoms with Gasteiger partial charge in [0.15, 0.2) is 0 Å². The van der Waals surface area contributed by atoms with E-state index in [1.165, 1.54) is 77.2 Å². The van der Waals surface area contributed by atoms with Crippen LogP contribution in [-0.4, -0.2) is 12.6 Å². The Bertz CT molecular complexity index is 230. The molecule has 0 saturated heterocycles. The van der Waals surface area contributed by atoms with Crippen LogP contribution in [0.25, 0.3) is 0 Å². The van der Waals surface area contributed by atoms with Gasteiger partial charge < -0.3 is 5.32 Å². The van der Waals surface area contributed by atoms with Gasteiger partial charge in [0.25, 0.3) is 0 Å². The molecule has 0 spiro atoms. The molecule has 1 N–H and O–H groups in total. The molecule has 0 aromatic carbocycles. The minimum Gasteiger partial charge on any atom is -0.314 e. The van der Waals surface area contributed by atoms with Crippen LogP contribution in [0.3, 0.4) is 0 Å². The topological polar surface area (TPSA) is 12.0 Å². The predicted octanol–water partition coefficient (Wildman–Crippen LogP) is 5.15. The van der Waals surface area contributed by atoms with Crippen LogP contribution in [0.2, 0.25) is 0 Å². The third-order valence-corrected chi connectivity index (χ3v) is 5.57. The van der Waals surface area contributed by atoms with Gasteiger partial charge in [0.1, 0.15) is 0 Å². The molecule has 0 bridgehead atoms. The van der Waals surface area contributed by atoms with Gasteiger partial charge in [-0.15, -0.1) is 0 Å². The van der Waals surface area contributed by atoms with Crippen LogP contribution in [0, 0.1) is 17.8 Å². The highest BCUT2D eigenvalue weighted by molar-refractivity contribution is 4.78. The average Bonchev–Trinajstić information content (AvgIpc) is 2.41. The van der Waals surface area contributed by atoms with Crippen molar-refractivity contribution >= 4 is 0 Å². The molecule has 2 aliphatic carbocycles. The fraction of sp³-hybridized carbons (Fsp3) is 1.00. The number of rotatable bonds is 6. The van der Waals surface area contributed by atoms with E-state index < -0.39 is 0 Å². The molecule has 2 fully saturated rings. The van der Waals surface area contributed by atoms with Crippen molar-refractivity contribution in [2.45, 2.75) is 90.5 Å². The molecule has 112 valence electrons. The second kappa shape index (κ2) is 8.29. The lowest BCUT2D eigenvalue weighted by molar-refractivity contribution is 0.247. The van der Waals surface area contributed by atoms with E-state index in [-0.39, 0.29) is 0 Å². The maximum Gasteiger partial charge on any atom is 0.00672 e. The Kier molecular flexibility index (Phi) is 6.70. The molecule has 0 aromatic heterocycles. The molecule has 2 rings (SSSR count). The first-order chi connectivity index (χ1) is 9.28. The standard InChI is InChI=1S/C18H35N/c1-3-5-16-8-10-18(11-9-16)19-13-12-17-7-4-6-15(2)14-17/h15-19H,3-14H2,1-2H3. The van der Waals surface area contributed by atoms with Gasteiger partial charge in [0, 0.05) is 6.04 Å². The lowest BCUT2D eigenvalue weighted by Gasteiger charge is -2.31. The summed E-state index contributed by atoms with van der Waals surface area (Å²) in [5, 5.41) is 3.85. The average molecular weight is 265 g/mol. The van der Waals surface area contributed by atoms with E-state index in [4.69, 9.17) is 0 Å². The van der Waals surface area contributed by atoms with Crippen molar-refractivity contribution in [3.63, 3.8) is 0 Å². The molecular weight excluding hydrogens is 230 g/mol. The van der Waals surface area contributed by atoms with Gasteiger partial charge >= 0.3 is 0 Å². The summed E-state index contributed by atoms with van der Waals surface area (Å²) in [4.78, 5) is 0. The molecule has 1 heteroatoms. The maximum atomic E-state index is 3.85. The molecule has 19 heavy (non-hydrogen) atoms. The molecule has 2 atom stereocenters. The van der Waals surface area contributed by atoms with Gasteiger partial charge in [-0.3, -0.25) is 0 Å². The molecule has 0 heterocycles. The van der Waals surface area contributed by atoms with E-state index in [9.17, 15) is 0 Å². The van der Waals surface area contributed by atoms with Crippen molar-refractivity contribution in [2.24, 2.45) is 17.8 Å². The highest BCUT2D eigenvalue weighted by atomic mass is 14.9. The first-order valence-electron chi connectivity index (χ1n) is 9.01. The molecule has 0 aliphatic heterocycles. The largest absolute Gasteiger partial charge is 0.314 e. The summed E-state index contributed by atoms with van der Waals surface area (Å²) >= 11 is 0. The molecule has 2 unspecified atom stereocenters. The van der Waals surface area contributed by atoms with E-state index in [2.05, 4.69) is 19.2 Å². The van der Waals surface area contributed by atoms with Gasteiger partial charge in [-0.2, -0.15) is 0 Å². The smallest absolute Gasteiger partial charge is 0.00672 e. The summed E-state index contributed by atoms with van der Waals surface area (Å²) in [5.41, 5.74) is 0. The Balaban J connectivity index is 1.54. The van der Waals surface area contributed by atoms with Gasteiger partial charge in [-0.05, 0) is 62.8 Å². The molecule has 1 nitrogen and oxygen atoms in total. The first kappa shape index (κ1) is 15.4.